The standard InChI is InChI=1S/C19H21Cl2NO3S/c1-10-4-3-5-14(11(10)2)22-16(23)9-25-19(24)18-17(21)13-7-6-12(20)8-15(13)26-18/h6-8,10-11,14H,3-5,9H2,1-2H3,(H,22,23). The zero-order valence-corrected chi connectivity index (χ0v) is 17.0. The average Bonchev–Trinajstić information content (AvgIpc) is 2.93. The quantitative estimate of drug-likeness (QED) is 0.691. The minimum atomic E-state index is -0.590. The van der Waals surface area contributed by atoms with E-state index in [1.807, 2.05) is 0 Å². The minimum absolute atomic E-state index is 0.139. The van der Waals surface area contributed by atoms with E-state index in [0.717, 1.165) is 22.9 Å². The molecule has 2 aromatic rings. The van der Waals surface area contributed by atoms with E-state index >= 15 is 0 Å². The van der Waals surface area contributed by atoms with Gasteiger partial charge >= 0.3 is 5.97 Å². The first-order chi connectivity index (χ1) is 12.4. The third kappa shape index (κ3) is 4.16. The van der Waals surface area contributed by atoms with Crippen LogP contribution in [0.15, 0.2) is 18.2 Å². The van der Waals surface area contributed by atoms with Crippen molar-refractivity contribution in [3.63, 3.8) is 0 Å². The maximum atomic E-state index is 12.3. The van der Waals surface area contributed by atoms with Gasteiger partial charge in [0.15, 0.2) is 6.61 Å². The number of thiophene rings is 1. The molecule has 1 amide bonds. The fraction of sp³-hybridized carbons (Fsp3) is 0.474. The molecule has 0 saturated heterocycles. The summed E-state index contributed by atoms with van der Waals surface area (Å²) >= 11 is 13.5. The number of hydrogen-bond donors (Lipinski definition) is 1. The summed E-state index contributed by atoms with van der Waals surface area (Å²) in [5.41, 5.74) is 0. The molecule has 0 aliphatic heterocycles. The summed E-state index contributed by atoms with van der Waals surface area (Å²) < 4.78 is 5.99. The molecule has 1 saturated carbocycles. The summed E-state index contributed by atoms with van der Waals surface area (Å²) in [5, 5.41) is 4.65. The number of benzene rings is 1. The van der Waals surface area contributed by atoms with Gasteiger partial charge in [-0.05, 0) is 30.4 Å². The van der Waals surface area contributed by atoms with Crippen LogP contribution in [0.2, 0.25) is 10.0 Å². The Labute approximate surface area is 166 Å². The van der Waals surface area contributed by atoms with Gasteiger partial charge in [0.25, 0.3) is 5.91 Å². The molecule has 1 fully saturated rings. The molecule has 1 aliphatic carbocycles. The molecule has 1 aromatic carbocycles. The number of nitrogens with one attached hydrogen (secondary N) is 1. The van der Waals surface area contributed by atoms with Crippen LogP contribution in [-0.4, -0.2) is 24.5 Å². The van der Waals surface area contributed by atoms with E-state index in [9.17, 15) is 9.59 Å². The van der Waals surface area contributed by atoms with E-state index in [2.05, 4.69) is 19.2 Å². The van der Waals surface area contributed by atoms with E-state index in [1.54, 1.807) is 18.2 Å². The lowest BCUT2D eigenvalue weighted by atomic mass is 9.78. The lowest BCUT2D eigenvalue weighted by Crippen LogP contribution is -2.45. The summed E-state index contributed by atoms with van der Waals surface area (Å²) in [6, 6.07) is 5.38. The topological polar surface area (TPSA) is 55.4 Å². The van der Waals surface area contributed by atoms with Crippen LogP contribution in [0.25, 0.3) is 10.1 Å². The van der Waals surface area contributed by atoms with Crippen LogP contribution >= 0.6 is 34.5 Å². The predicted molar refractivity (Wildman–Crippen MR) is 106 cm³/mol. The van der Waals surface area contributed by atoms with E-state index in [-0.39, 0.29) is 23.4 Å². The van der Waals surface area contributed by atoms with Crippen molar-refractivity contribution in [1.29, 1.82) is 0 Å². The minimum Gasteiger partial charge on any atom is -0.451 e. The number of carbonyl (C=O) groups excluding carboxylic acids is 2. The van der Waals surface area contributed by atoms with Crippen LogP contribution in [0, 0.1) is 11.8 Å². The van der Waals surface area contributed by atoms with E-state index < -0.39 is 5.97 Å². The average molecular weight is 414 g/mol. The van der Waals surface area contributed by atoms with Crippen LogP contribution in [0.1, 0.15) is 42.8 Å². The first kappa shape index (κ1) is 19.5. The largest absolute Gasteiger partial charge is 0.451 e. The summed E-state index contributed by atoms with van der Waals surface area (Å²) in [5.74, 6) is 0.142. The molecule has 1 heterocycles. The Morgan fingerprint density at radius 1 is 1.27 bits per heavy atom. The highest BCUT2D eigenvalue weighted by molar-refractivity contribution is 7.21. The Balaban J connectivity index is 1.60. The summed E-state index contributed by atoms with van der Waals surface area (Å²) in [4.78, 5) is 24.8. The number of ether oxygens (including phenoxy) is 1. The summed E-state index contributed by atoms with van der Waals surface area (Å²) in [6.07, 6.45) is 3.27. The molecule has 1 N–H and O–H groups in total. The van der Waals surface area contributed by atoms with Crippen molar-refractivity contribution in [2.75, 3.05) is 6.61 Å². The molecule has 4 nitrogen and oxygen atoms in total. The molecule has 3 unspecified atom stereocenters. The van der Waals surface area contributed by atoms with Gasteiger partial charge < -0.3 is 10.1 Å². The Kier molecular flexibility index (Phi) is 6.10. The second-order valence-corrected chi connectivity index (χ2v) is 8.77. The number of amides is 1. The van der Waals surface area contributed by atoms with Gasteiger partial charge in [-0.3, -0.25) is 4.79 Å². The Morgan fingerprint density at radius 3 is 2.81 bits per heavy atom. The first-order valence-electron chi connectivity index (χ1n) is 8.71. The van der Waals surface area contributed by atoms with Crippen molar-refractivity contribution >= 4 is 56.5 Å². The van der Waals surface area contributed by atoms with E-state index in [4.69, 9.17) is 27.9 Å². The molecule has 3 atom stereocenters. The number of rotatable bonds is 4. The molecule has 26 heavy (non-hydrogen) atoms. The van der Waals surface area contributed by atoms with Crippen molar-refractivity contribution in [2.24, 2.45) is 11.8 Å². The zero-order chi connectivity index (χ0) is 18.8. The molecule has 1 aliphatic rings. The lowest BCUT2D eigenvalue weighted by molar-refractivity contribution is -0.125. The zero-order valence-electron chi connectivity index (χ0n) is 14.7. The smallest absolute Gasteiger partial charge is 0.350 e. The van der Waals surface area contributed by atoms with Gasteiger partial charge in [0, 0.05) is 21.2 Å². The van der Waals surface area contributed by atoms with E-state index in [0.29, 0.717) is 21.9 Å². The van der Waals surface area contributed by atoms with Crippen molar-refractivity contribution in [3.05, 3.63) is 33.1 Å². The first-order valence-corrected chi connectivity index (χ1v) is 10.3. The molecule has 0 spiro atoms. The van der Waals surface area contributed by atoms with Crippen LogP contribution < -0.4 is 5.32 Å². The Hall–Kier alpha value is -1.30. The van der Waals surface area contributed by atoms with Gasteiger partial charge in [0.05, 0.1) is 5.02 Å². The van der Waals surface area contributed by atoms with Gasteiger partial charge in [-0.15, -0.1) is 11.3 Å². The number of carbonyl (C=O) groups is 2. The van der Waals surface area contributed by atoms with Gasteiger partial charge in [-0.2, -0.15) is 0 Å². The maximum absolute atomic E-state index is 12.3. The normalized spacial score (nSPS) is 23.0. The fourth-order valence-electron chi connectivity index (χ4n) is 3.40. The molecule has 140 valence electrons. The second kappa shape index (κ2) is 8.15. The lowest BCUT2D eigenvalue weighted by Gasteiger charge is -2.34. The number of halogens is 2. The van der Waals surface area contributed by atoms with Gasteiger partial charge in [0.1, 0.15) is 4.88 Å². The third-order valence-electron chi connectivity index (χ3n) is 5.16. The molecular formula is C19H21Cl2NO3S. The highest BCUT2D eigenvalue weighted by Gasteiger charge is 2.28. The second-order valence-electron chi connectivity index (χ2n) is 6.90. The molecule has 7 heteroatoms. The molecule has 0 bridgehead atoms. The molecule has 3 rings (SSSR count). The Morgan fingerprint density at radius 2 is 2.04 bits per heavy atom. The number of hydrogen-bond acceptors (Lipinski definition) is 4. The third-order valence-corrected chi connectivity index (χ3v) is 7.04. The predicted octanol–water partition coefficient (Wildman–Crippen LogP) is 5.31. The molecule has 0 radical (unpaired) electrons. The highest BCUT2D eigenvalue weighted by atomic mass is 35.5. The fourth-order valence-corrected chi connectivity index (χ4v) is 5.08. The van der Waals surface area contributed by atoms with Crippen molar-refractivity contribution in [2.45, 2.75) is 39.2 Å². The summed E-state index contributed by atoms with van der Waals surface area (Å²) in [7, 11) is 0. The monoisotopic (exact) mass is 413 g/mol. The SMILES string of the molecule is CC1CCCC(NC(=O)COC(=O)c2sc3cc(Cl)ccc3c2Cl)C1C. The van der Waals surface area contributed by atoms with Crippen LogP contribution in [0.5, 0.6) is 0 Å². The molecule has 1 aromatic heterocycles. The van der Waals surface area contributed by atoms with Gasteiger partial charge in [-0.25, -0.2) is 4.79 Å². The molecular weight excluding hydrogens is 393 g/mol. The number of esters is 1. The highest BCUT2D eigenvalue weighted by Crippen LogP contribution is 2.37. The van der Waals surface area contributed by atoms with Crippen molar-refractivity contribution < 1.29 is 14.3 Å². The van der Waals surface area contributed by atoms with Crippen molar-refractivity contribution in [3.8, 4) is 0 Å². The number of fused-ring (bicyclic) bond motifs is 1. The van der Waals surface area contributed by atoms with E-state index in [1.165, 1.54) is 17.8 Å². The van der Waals surface area contributed by atoms with Crippen LogP contribution in [0.3, 0.4) is 0 Å². The van der Waals surface area contributed by atoms with Crippen LogP contribution in [-0.2, 0) is 9.53 Å². The Bertz CT molecular complexity index is 836. The van der Waals surface area contributed by atoms with Gasteiger partial charge in [0.2, 0.25) is 0 Å². The maximum Gasteiger partial charge on any atom is 0.350 e. The van der Waals surface area contributed by atoms with Crippen LogP contribution in [0.4, 0.5) is 0 Å². The van der Waals surface area contributed by atoms with Gasteiger partial charge in [-0.1, -0.05) is 56.0 Å². The van der Waals surface area contributed by atoms with Crippen molar-refractivity contribution in [1.82, 2.24) is 5.32 Å². The summed E-state index contributed by atoms with van der Waals surface area (Å²) in [6.45, 7) is 4.06.